The Balaban J connectivity index is 1.79. The predicted octanol–water partition coefficient (Wildman–Crippen LogP) is 3.54. The van der Waals surface area contributed by atoms with Crippen LogP contribution in [0.15, 0.2) is 30.5 Å². The van der Waals surface area contributed by atoms with Crippen LogP contribution in [0, 0.1) is 16.7 Å². The molecular formula is C20H25N3O. The van der Waals surface area contributed by atoms with Crippen molar-refractivity contribution in [3.63, 3.8) is 0 Å². The number of aryl methyl sites for hydroxylation is 1. The summed E-state index contributed by atoms with van der Waals surface area (Å²) in [6.45, 7) is 9.43. The first-order valence-electron chi connectivity index (χ1n) is 8.64. The third-order valence-corrected chi connectivity index (χ3v) is 6.65. The maximum atomic E-state index is 13.4. The first-order valence-corrected chi connectivity index (χ1v) is 8.64. The summed E-state index contributed by atoms with van der Waals surface area (Å²) in [4.78, 5) is 15.4. The molecule has 0 unspecified atom stereocenters. The fraction of sp³-hybridized carbons (Fsp3) is 0.500. The van der Waals surface area contributed by atoms with Gasteiger partial charge in [-0.25, -0.2) is 0 Å². The van der Waals surface area contributed by atoms with Crippen molar-refractivity contribution in [1.29, 1.82) is 0 Å². The van der Waals surface area contributed by atoms with Crippen molar-refractivity contribution in [2.45, 2.75) is 40.7 Å². The van der Waals surface area contributed by atoms with Crippen LogP contribution in [0.25, 0.3) is 0 Å². The smallest absolute Gasteiger partial charge is 0.231 e. The third-order valence-electron chi connectivity index (χ3n) is 6.65. The number of para-hydroxylation sites is 1. The number of amides is 1. The van der Waals surface area contributed by atoms with Gasteiger partial charge in [-0.1, -0.05) is 45.9 Å². The lowest BCUT2D eigenvalue weighted by Gasteiger charge is -2.24. The van der Waals surface area contributed by atoms with E-state index in [1.807, 2.05) is 35.0 Å². The minimum atomic E-state index is 0.0447. The lowest BCUT2D eigenvalue weighted by molar-refractivity contribution is -0.121. The quantitative estimate of drug-likeness (QED) is 0.805. The van der Waals surface area contributed by atoms with Crippen LogP contribution in [0.3, 0.4) is 0 Å². The molecule has 1 aliphatic heterocycles. The predicted molar refractivity (Wildman–Crippen MR) is 94.7 cm³/mol. The van der Waals surface area contributed by atoms with Gasteiger partial charge in [-0.3, -0.25) is 9.48 Å². The van der Waals surface area contributed by atoms with Crippen molar-refractivity contribution in [3.8, 4) is 0 Å². The van der Waals surface area contributed by atoms with Crippen LogP contribution in [-0.2, 0) is 24.8 Å². The van der Waals surface area contributed by atoms with Gasteiger partial charge >= 0.3 is 0 Å². The molecule has 1 aromatic heterocycles. The summed E-state index contributed by atoms with van der Waals surface area (Å²) in [6, 6.07) is 8.28. The van der Waals surface area contributed by atoms with Crippen molar-refractivity contribution in [1.82, 2.24) is 9.78 Å². The maximum absolute atomic E-state index is 13.4. The number of hydrogen-bond donors (Lipinski definition) is 0. The highest BCUT2D eigenvalue weighted by atomic mass is 16.2. The van der Waals surface area contributed by atoms with Crippen LogP contribution in [-0.4, -0.2) is 15.7 Å². The summed E-state index contributed by atoms with van der Waals surface area (Å²) < 4.78 is 1.94. The van der Waals surface area contributed by atoms with Gasteiger partial charge in [0, 0.05) is 36.3 Å². The van der Waals surface area contributed by atoms with Crippen LogP contribution < -0.4 is 4.90 Å². The van der Waals surface area contributed by atoms with Gasteiger partial charge in [-0.05, 0) is 22.5 Å². The maximum Gasteiger partial charge on any atom is 0.231 e. The summed E-state index contributed by atoms with van der Waals surface area (Å²) in [5, 5.41) is 4.40. The van der Waals surface area contributed by atoms with Gasteiger partial charge in [0.2, 0.25) is 5.91 Å². The Morgan fingerprint density at radius 1 is 1.12 bits per heavy atom. The van der Waals surface area contributed by atoms with E-state index in [0.717, 1.165) is 17.7 Å². The van der Waals surface area contributed by atoms with Gasteiger partial charge in [0.05, 0.1) is 12.7 Å². The molecule has 0 saturated heterocycles. The minimum absolute atomic E-state index is 0.0447. The van der Waals surface area contributed by atoms with Crippen molar-refractivity contribution >= 4 is 11.6 Å². The largest absolute Gasteiger partial charge is 0.307 e. The Morgan fingerprint density at radius 2 is 1.79 bits per heavy atom. The van der Waals surface area contributed by atoms with E-state index in [9.17, 15) is 4.79 Å². The fourth-order valence-electron chi connectivity index (χ4n) is 4.39. The molecule has 126 valence electrons. The van der Waals surface area contributed by atoms with Gasteiger partial charge in [0.1, 0.15) is 0 Å². The average molecular weight is 323 g/mol. The summed E-state index contributed by atoms with van der Waals surface area (Å²) in [5.74, 6) is 0.311. The molecule has 4 rings (SSSR count). The molecule has 24 heavy (non-hydrogen) atoms. The highest BCUT2D eigenvalue weighted by Crippen LogP contribution is 2.69. The van der Waals surface area contributed by atoms with Crippen molar-refractivity contribution in [3.05, 3.63) is 47.3 Å². The summed E-state index contributed by atoms with van der Waals surface area (Å²) in [5.41, 5.74) is 4.69. The molecule has 2 aromatic rings. The zero-order valence-corrected chi connectivity index (χ0v) is 15.1. The number of aromatic nitrogens is 2. The zero-order valence-electron chi connectivity index (χ0n) is 15.1. The van der Waals surface area contributed by atoms with Crippen LogP contribution in [0.2, 0.25) is 0 Å². The van der Waals surface area contributed by atoms with Crippen molar-refractivity contribution < 1.29 is 4.79 Å². The van der Waals surface area contributed by atoms with Gasteiger partial charge in [-0.15, -0.1) is 0 Å². The zero-order chi connectivity index (χ0) is 17.3. The molecule has 0 bridgehead atoms. The number of rotatable bonds is 1. The average Bonchev–Trinajstić information content (AvgIpc) is 2.81. The van der Waals surface area contributed by atoms with Crippen LogP contribution in [0.4, 0.5) is 5.69 Å². The van der Waals surface area contributed by atoms with E-state index in [2.05, 4.69) is 44.9 Å². The van der Waals surface area contributed by atoms with Gasteiger partial charge in [0.25, 0.3) is 0 Å². The fourth-order valence-corrected chi connectivity index (χ4v) is 4.39. The van der Waals surface area contributed by atoms with E-state index in [1.165, 1.54) is 11.3 Å². The van der Waals surface area contributed by atoms with Gasteiger partial charge < -0.3 is 4.90 Å². The van der Waals surface area contributed by atoms with E-state index in [1.54, 1.807) is 0 Å². The molecule has 0 atom stereocenters. The van der Waals surface area contributed by atoms with Crippen LogP contribution >= 0.6 is 0 Å². The number of carbonyl (C=O) groups is 1. The Hall–Kier alpha value is -2.10. The monoisotopic (exact) mass is 323 g/mol. The molecule has 1 fully saturated rings. The molecule has 0 spiro atoms. The molecule has 1 saturated carbocycles. The molecule has 0 N–H and O–H groups in total. The van der Waals surface area contributed by atoms with E-state index in [4.69, 9.17) is 0 Å². The molecular weight excluding hydrogens is 298 g/mol. The molecule has 1 amide bonds. The van der Waals surface area contributed by atoms with E-state index in [0.29, 0.717) is 6.54 Å². The van der Waals surface area contributed by atoms with E-state index < -0.39 is 0 Å². The normalized spacial score (nSPS) is 21.0. The van der Waals surface area contributed by atoms with Crippen LogP contribution in [0.1, 0.15) is 44.5 Å². The summed E-state index contributed by atoms with van der Waals surface area (Å²) in [6.07, 6.45) is 2.73. The highest BCUT2D eigenvalue weighted by Gasteiger charge is 2.69. The standard InChI is InChI=1S/C20H25N3O/c1-19(2)17(20(19,3)4)18(24)23-12-14-11-21-22(5)16(14)10-13-8-6-7-9-15(13)23/h6-9,11,17H,10,12H2,1-5H3. The molecule has 2 aliphatic rings. The highest BCUT2D eigenvalue weighted by molar-refractivity contribution is 5.99. The molecule has 1 aliphatic carbocycles. The van der Waals surface area contributed by atoms with Gasteiger partial charge in [0.15, 0.2) is 0 Å². The Kier molecular flexibility index (Phi) is 3.03. The second-order valence-corrected chi connectivity index (χ2v) is 8.35. The van der Waals surface area contributed by atoms with Crippen molar-refractivity contribution in [2.24, 2.45) is 23.8 Å². The summed E-state index contributed by atoms with van der Waals surface area (Å²) >= 11 is 0. The molecule has 0 radical (unpaired) electrons. The Labute approximate surface area is 143 Å². The number of nitrogens with zero attached hydrogens (tertiary/aromatic N) is 3. The summed E-state index contributed by atoms with van der Waals surface area (Å²) in [7, 11) is 1.98. The number of hydrogen-bond acceptors (Lipinski definition) is 2. The van der Waals surface area contributed by atoms with Crippen LogP contribution in [0.5, 0.6) is 0 Å². The van der Waals surface area contributed by atoms with E-state index >= 15 is 0 Å². The van der Waals surface area contributed by atoms with Gasteiger partial charge in [-0.2, -0.15) is 5.10 Å². The second kappa shape index (κ2) is 4.71. The number of fused-ring (bicyclic) bond motifs is 2. The SMILES string of the molecule is Cn1ncc2c1Cc1ccccc1N(C(=O)C1C(C)(C)C1(C)C)C2. The van der Waals surface area contributed by atoms with E-state index in [-0.39, 0.29) is 22.7 Å². The first-order chi connectivity index (χ1) is 11.2. The molecule has 4 heteroatoms. The Bertz CT molecular complexity index is 817. The third kappa shape index (κ3) is 1.92. The first kappa shape index (κ1) is 15.4. The number of carbonyl (C=O) groups excluding carboxylic acids is 1. The van der Waals surface area contributed by atoms with Crippen molar-refractivity contribution in [2.75, 3.05) is 4.90 Å². The molecule has 2 heterocycles. The molecule has 4 nitrogen and oxygen atoms in total. The number of benzene rings is 1. The lowest BCUT2D eigenvalue weighted by atomic mass is 10.0. The topological polar surface area (TPSA) is 38.1 Å². The number of anilines is 1. The molecule has 1 aromatic carbocycles. The Morgan fingerprint density at radius 3 is 2.46 bits per heavy atom. The minimum Gasteiger partial charge on any atom is -0.307 e. The second-order valence-electron chi connectivity index (χ2n) is 8.35. The lowest BCUT2D eigenvalue weighted by Crippen LogP contribution is -2.33.